The smallest absolute Gasteiger partial charge is 0.255 e. The lowest BCUT2D eigenvalue weighted by Crippen LogP contribution is -2.30. The average Bonchev–Trinajstić information content (AvgIpc) is 2.67. The summed E-state index contributed by atoms with van der Waals surface area (Å²) in [5.41, 5.74) is 2.04. The van der Waals surface area contributed by atoms with E-state index >= 15 is 0 Å². The Bertz CT molecular complexity index is 878. The number of hydrogen-bond acceptors (Lipinski definition) is 4. The molecule has 2 aromatic carbocycles. The van der Waals surface area contributed by atoms with Crippen LogP contribution in [0.1, 0.15) is 36.7 Å². The quantitative estimate of drug-likeness (QED) is 0.691. The summed E-state index contributed by atoms with van der Waals surface area (Å²) in [6.45, 7) is 7.96. The SMILES string of the molecule is CCNCc1cccc(NC(=O)c2cccc(S(=O)(=O)N(CC)CC)c2)c1. The lowest BCUT2D eigenvalue weighted by molar-refractivity contribution is 0.102. The van der Waals surface area contributed by atoms with Gasteiger partial charge in [-0.1, -0.05) is 39.0 Å². The van der Waals surface area contributed by atoms with E-state index in [2.05, 4.69) is 10.6 Å². The molecule has 0 bridgehead atoms. The molecule has 1 amide bonds. The molecule has 0 atom stereocenters. The largest absolute Gasteiger partial charge is 0.322 e. The molecule has 0 saturated carbocycles. The predicted octanol–water partition coefficient (Wildman–Crippen LogP) is 3.08. The van der Waals surface area contributed by atoms with Crippen LogP contribution in [-0.4, -0.2) is 38.3 Å². The van der Waals surface area contributed by atoms with E-state index in [-0.39, 0.29) is 10.8 Å². The lowest BCUT2D eigenvalue weighted by atomic mass is 10.1. The fraction of sp³-hybridized carbons (Fsp3) is 0.350. The van der Waals surface area contributed by atoms with Gasteiger partial charge in [0.2, 0.25) is 10.0 Å². The highest BCUT2D eigenvalue weighted by Gasteiger charge is 2.22. The Balaban J connectivity index is 2.21. The standard InChI is InChI=1S/C20H27N3O3S/c1-4-21-15-16-9-7-11-18(13-16)22-20(24)17-10-8-12-19(14-17)27(25,26)23(5-2)6-3/h7-14,21H,4-6,15H2,1-3H3,(H,22,24). The summed E-state index contributed by atoms with van der Waals surface area (Å²) in [5.74, 6) is -0.341. The van der Waals surface area contributed by atoms with E-state index in [9.17, 15) is 13.2 Å². The molecule has 0 aliphatic heterocycles. The average molecular weight is 390 g/mol. The van der Waals surface area contributed by atoms with E-state index in [0.29, 0.717) is 24.3 Å². The number of carbonyl (C=O) groups excluding carboxylic acids is 1. The molecule has 2 N–H and O–H groups in total. The minimum atomic E-state index is -3.60. The minimum Gasteiger partial charge on any atom is -0.322 e. The Kier molecular flexibility index (Phi) is 7.53. The van der Waals surface area contributed by atoms with Crippen molar-refractivity contribution < 1.29 is 13.2 Å². The van der Waals surface area contributed by atoms with Gasteiger partial charge in [0, 0.05) is 30.9 Å². The summed E-state index contributed by atoms with van der Waals surface area (Å²) in [4.78, 5) is 12.7. The first kappa shape index (κ1) is 21.1. The number of benzene rings is 2. The Morgan fingerprint density at radius 1 is 1.00 bits per heavy atom. The fourth-order valence-corrected chi connectivity index (χ4v) is 4.25. The number of hydrogen-bond donors (Lipinski definition) is 2. The summed E-state index contributed by atoms with van der Waals surface area (Å²) >= 11 is 0. The normalized spacial score (nSPS) is 11.6. The number of nitrogens with zero attached hydrogens (tertiary/aromatic N) is 1. The van der Waals surface area contributed by atoms with Crippen molar-refractivity contribution in [3.05, 3.63) is 59.7 Å². The second-order valence-electron chi connectivity index (χ2n) is 6.05. The van der Waals surface area contributed by atoms with Gasteiger partial charge >= 0.3 is 0 Å². The van der Waals surface area contributed by atoms with Gasteiger partial charge in [0.25, 0.3) is 5.91 Å². The number of amides is 1. The first-order valence-corrected chi connectivity index (χ1v) is 10.6. The highest BCUT2D eigenvalue weighted by atomic mass is 32.2. The van der Waals surface area contributed by atoms with Gasteiger partial charge in [-0.2, -0.15) is 4.31 Å². The van der Waals surface area contributed by atoms with Crippen LogP contribution < -0.4 is 10.6 Å². The molecule has 0 spiro atoms. The Morgan fingerprint density at radius 2 is 1.70 bits per heavy atom. The van der Waals surface area contributed by atoms with E-state index in [1.807, 2.05) is 31.2 Å². The third-order valence-electron chi connectivity index (χ3n) is 4.20. The zero-order valence-electron chi connectivity index (χ0n) is 16.0. The van der Waals surface area contributed by atoms with Crippen LogP contribution in [-0.2, 0) is 16.6 Å². The van der Waals surface area contributed by atoms with E-state index in [0.717, 1.165) is 18.7 Å². The predicted molar refractivity (Wildman–Crippen MR) is 108 cm³/mol. The van der Waals surface area contributed by atoms with E-state index < -0.39 is 10.0 Å². The van der Waals surface area contributed by atoms with Gasteiger partial charge in [-0.25, -0.2) is 8.42 Å². The van der Waals surface area contributed by atoms with Crippen LogP contribution >= 0.6 is 0 Å². The number of anilines is 1. The third kappa shape index (κ3) is 5.38. The van der Waals surface area contributed by atoms with Crippen molar-refractivity contribution in [3.63, 3.8) is 0 Å². The van der Waals surface area contributed by atoms with Crippen molar-refractivity contribution in [2.75, 3.05) is 25.0 Å². The van der Waals surface area contributed by atoms with Gasteiger partial charge in [-0.3, -0.25) is 4.79 Å². The van der Waals surface area contributed by atoms with Crippen molar-refractivity contribution >= 4 is 21.6 Å². The van der Waals surface area contributed by atoms with Crippen molar-refractivity contribution in [2.24, 2.45) is 0 Å². The van der Waals surface area contributed by atoms with Crippen molar-refractivity contribution in [3.8, 4) is 0 Å². The van der Waals surface area contributed by atoms with Crippen LogP contribution in [0.5, 0.6) is 0 Å². The number of carbonyl (C=O) groups is 1. The van der Waals surface area contributed by atoms with Crippen molar-refractivity contribution in [1.82, 2.24) is 9.62 Å². The third-order valence-corrected chi connectivity index (χ3v) is 6.25. The molecule has 0 fully saturated rings. The Labute approximate surface area is 161 Å². The molecule has 0 aromatic heterocycles. The Hall–Kier alpha value is -2.22. The maximum atomic E-state index is 12.7. The van der Waals surface area contributed by atoms with E-state index in [1.165, 1.54) is 16.4 Å². The van der Waals surface area contributed by atoms with Gasteiger partial charge in [-0.15, -0.1) is 0 Å². The minimum absolute atomic E-state index is 0.125. The molecular formula is C20H27N3O3S. The van der Waals surface area contributed by atoms with Crippen molar-refractivity contribution in [2.45, 2.75) is 32.2 Å². The highest BCUT2D eigenvalue weighted by molar-refractivity contribution is 7.89. The van der Waals surface area contributed by atoms with Crippen molar-refractivity contribution in [1.29, 1.82) is 0 Å². The first-order chi connectivity index (χ1) is 12.9. The zero-order chi connectivity index (χ0) is 19.9. The van der Waals surface area contributed by atoms with Gasteiger partial charge in [0.05, 0.1) is 4.90 Å². The first-order valence-electron chi connectivity index (χ1n) is 9.13. The molecule has 0 aliphatic carbocycles. The van der Waals surface area contributed by atoms with E-state index in [1.54, 1.807) is 26.0 Å². The van der Waals surface area contributed by atoms with Crippen LogP contribution in [0.25, 0.3) is 0 Å². The van der Waals surface area contributed by atoms with Gasteiger partial charge in [0.1, 0.15) is 0 Å². The maximum Gasteiger partial charge on any atom is 0.255 e. The van der Waals surface area contributed by atoms with Gasteiger partial charge in [0.15, 0.2) is 0 Å². The highest BCUT2D eigenvalue weighted by Crippen LogP contribution is 2.18. The van der Waals surface area contributed by atoms with Crippen LogP contribution in [0.15, 0.2) is 53.4 Å². The fourth-order valence-electron chi connectivity index (χ4n) is 2.74. The van der Waals surface area contributed by atoms with Crippen LogP contribution in [0.4, 0.5) is 5.69 Å². The molecule has 0 heterocycles. The zero-order valence-corrected chi connectivity index (χ0v) is 16.8. The second-order valence-corrected chi connectivity index (χ2v) is 7.99. The molecule has 0 radical (unpaired) electrons. The molecule has 2 rings (SSSR count). The number of rotatable bonds is 9. The molecule has 0 aliphatic rings. The maximum absolute atomic E-state index is 12.7. The molecule has 146 valence electrons. The lowest BCUT2D eigenvalue weighted by Gasteiger charge is -2.18. The molecule has 0 unspecified atom stereocenters. The summed E-state index contributed by atoms with van der Waals surface area (Å²) in [6.07, 6.45) is 0. The number of sulfonamides is 1. The van der Waals surface area contributed by atoms with Gasteiger partial charge < -0.3 is 10.6 Å². The van der Waals surface area contributed by atoms with Crippen LogP contribution in [0.2, 0.25) is 0 Å². The monoisotopic (exact) mass is 389 g/mol. The summed E-state index contributed by atoms with van der Waals surface area (Å²) in [7, 11) is -3.60. The second kappa shape index (κ2) is 9.64. The Morgan fingerprint density at radius 3 is 2.37 bits per heavy atom. The summed E-state index contributed by atoms with van der Waals surface area (Å²) in [5, 5.41) is 6.07. The van der Waals surface area contributed by atoms with Gasteiger partial charge in [-0.05, 0) is 42.4 Å². The summed E-state index contributed by atoms with van der Waals surface area (Å²) in [6, 6.07) is 13.7. The van der Waals surface area contributed by atoms with E-state index in [4.69, 9.17) is 0 Å². The van der Waals surface area contributed by atoms with Crippen LogP contribution in [0, 0.1) is 0 Å². The molecule has 27 heavy (non-hydrogen) atoms. The molecular weight excluding hydrogens is 362 g/mol. The van der Waals surface area contributed by atoms with Crippen LogP contribution in [0.3, 0.4) is 0 Å². The molecule has 0 saturated heterocycles. The topological polar surface area (TPSA) is 78.5 Å². The molecule has 2 aromatic rings. The molecule has 7 heteroatoms. The summed E-state index contributed by atoms with van der Waals surface area (Å²) < 4.78 is 26.7. The molecule has 6 nitrogen and oxygen atoms in total. The number of nitrogens with one attached hydrogen (secondary N) is 2.